The molecule has 0 rings (SSSR count). The summed E-state index contributed by atoms with van der Waals surface area (Å²) in [5.74, 6) is 0. The predicted molar refractivity (Wildman–Crippen MR) is 92.6 cm³/mol. The van der Waals surface area contributed by atoms with Gasteiger partial charge in [-0.3, -0.25) is 0 Å². The van der Waals surface area contributed by atoms with Crippen molar-refractivity contribution in [3.63, 3.8) is 0 Å². The first-order valence-electron chi connectivity index (χ1n) is 9.56. The van der Waals surface area contributed by atoms with Gasteiger partial charge >= 0.3 is 0 Å². The van der Waals surface area contributed by atoms with Crippen molar-refractivity contribution in [1.82, 2.24) is 0 Å². The number of rotatable bonds is 16. The first kappa shape index (κ1) is 20.9. The topological polar surface area (TPSA) is 40.5 Å². The number of unbranched alkanes of at least 4 members (excludes halogenated alkanes) is 8. The van der Waals surface area contributed by atoms with E-state index in [1.807, 2.05) is 0 Å². The quantitative estimate of drug-likeness (QED) is 0.364. The number of hydrogen-bond acceptors (Lipinski definition) is 2. The fourth-order valence-corrected chi connectivity index (χ4v) is 2.84. The van der Waals surface area contributed by atoms with Crippen LogP contribution in [0.4, 0.5) is 0 Å². The zero-order valence-electron chi connectivity index (χ0n) is 14.7. The molecular formula is C19H40O2. The van der Waals surface area contributed by atoms with E-state index in [2.05, 4.69) is 13.8 Å². The van der Waals surface area contributed by atoms with E-state index in [1.54, 1.807) is 0 Å². The molecular weight excluding hydrogens is 260 g/mol. The number of aliphatic hydroxyl groups is 2. The molecule has 0 bridgehead atoms. The maximum Gasteiger partial charge on any atom is 0.0540 e. The number of aliphatic hydroxyl groups excluding tert-OH is 2. The summed E-state index contributed by atoms with van der Waals surface area (Å²) in [6, 6.07) is 0. The molecule has 2 nitrogen and oxygen atoms in total. The molecule has 21 heavy (non-hydrogen) atoms. The van der Waals surface area contributed by atoms with Gasteiger partial charge in [0.05, 0.1) is 12.2 Å². The third-order valence-electron chi connectivity index (χ3n) is 4.36. The van der Waals surface area contributed by atoms with E-state index in [1.165, 1.54) is 51.4 Å². The highest BCUT2D eigenvalue weighted by atomic mass is 16.3. The second-order valence-electron chi connectivity index (χ2n) is 6.64. The van der Waals surface area contributed by atoms with Crippen LogP contribution in [0.5, 0.6) is 0 Å². The molecule has 0 saturated carbocycles. The van der Waals surface area contributed by atoms with E-state index < -0.39 is 0 Å². The zero-order valence-corrected chi connectivity index (χ0v) is 14.7. The third-order valence-corrected chi connectivity index (χ3v) is 4.36. The SMILES string of the molecule is CCCCCCCC(O)CCCC(O)CCCCCCC. The highest BCUT2D eigenvalue weighted by molar-refractivity contribution is 4.61. The molecule has 0 radical (unpaired) electrons. The minimum atomic E-state index is -0.150. The van der Waals surface area contributed by atoms with E-state index in [-0.39, 0.29) is 12.2 Å². The zero-order chi connectivity index (χ0) is 15.8. The summed E-state index contributed by atoms with van der Waals surface area (Å²) in [7, 11) is 0. The molecule has 0 aliphatic carbocycles. The Hall–Kier alpha value is -0.0800. The van der Waals surface area contributed by atoms with E-state index in [0.29, 0.717) is 0 Å². The minimum absolute atomic E-state index is 0.150. The first-order valence-corrected chi connectivity index (χ1v) is 9.56. The second-order valence-corrected chi connectivity index (χ2v) is 6.64. The lowest BCUT2D eigenvalue weighted by Crippen LogP contribution is -2.10. The summed E-state index contributed by atoms with van der Waals surface area (Å²) in [6.07, 6.45) is 16.9. The van der Waals surface area contributed by atoms with Gasteiger partial charge in [0.1, 0.15) is 0 Å². The first-order chi connectivity index (χ1) is 10.2. The highest BCUT2D eigenvalue weighted by Gasteiger charge is 2.07. The van der Waals surface area contributed by atoms with Crippen LogP contribution in [0.1, 0.15) is 110 Å². The van der Waals surface area contributed by atoms with Crippen molar-refractivity contribution in [2.75, 3.05) is 0 Å². The standard InChI is InChI=1S/C19H40O2/c1-3-5-7-9-11-14-18(20)16-13-17-19(21)15-12-10-8-6-4-2/h18-21H,3-17H2,1-2H3. The normalized spacial score (nSPS) is 14.3. The molecule has 0 fully saturated rings. The van der Waals surface area contributed by atoms with Crippen LogP contribution in [0.15, 0.2) is 0 Å². The molecule has 0 saturated heterocycles. The van der Waals surface area contributed by atoms with E-state index >= 15 is 0 Å². The summed E-state index contributed by atoms with van der Waals surface area (Å²) in [6.45, 7) is 4.45. The maximum atomic E-state index is 9.91. The van der Waals surface area contributed by atoms with Crippen LogP contribution in [0.2, 0.25) is 0 Å². The molecule has 0 aromatic heterocycles. The fourth-order valence-electron chi connectivity index (χ4n) is 2.84. The van der Waals surface area contributed by atoms with Crippen LogP contribution in [-0.2, 0) is 0 Å². The maximum absolute atomic E-state index is 9.91. The van der Waals surface area contributed by atoms with Gasteiger partial charge in [-0.2, -0.15) is 0 Å². The van der Waals surface area contributed by atoms with Gasteiger partial charge in [0.15, 0.2) is 0 Å². The summed E-state index contributed by atoms with van der Waals surface area (Å²) < 4.78 is 0. The smallest absolute Gasteiger partial charge is 0.0540 e. The van der Waals surface area contributed by atoms with E-state index in [0.717, 1.165) is 44.9 Å². The molecule has 2 heteroatoms. The van der Waals surface area contributed by atoms with Gasteiger partial charge in [0.25, 0.3) is 0 Å². The van der Waals surface area contributed by atoms with Gasteiger partial charge in [-0.05, 0) is 32.1 Å². The van der Waals surface area contributed by atoms with E-state index in [4.69, 9.17) is 0 Å². The Bertz CT molecular complexity index is 174. The van der Waals surface area contributed by atoms with E-state index in [9.17, 15) is 10.2 Å². The van der Waals surface area contributed by atoms with Crippen LogP contribution >= 0.6 is 0 Å². The van der Waals surface area contributed by atoms with Gasteiger partial charge in [-0.25, -0.2) is 0 Å². The van der Waals surface area contributed by atoms with Crippen LogP contribution in [0.25, 0.3) is 0 Å². The van der Waals surface area contributed by atoms with Crippen LogP contribution in [0.3, 0.4) is 0 Å². The summed E-state index contributed by atoms with van der Waals surface area (Å²) in [5, 5.41) is 19.8. The summed E-state index contributed by atoms with van der Waals surface area (Å²) in [4.78, 5) is 0. The second kappa shape index (κ2) is 16.3. The highest BCUT2D eigenvalue weighted by Crippen LogP contribution is 2.15. The lowest BCUT2D eigenvalue weighted by molar-refractivity contribution is 0.121. The molecule has 0 aromatic rings. The van der Waals surface area contributed by atoms with Crippen molar-refractivity contribution in [3.05, 3.63) is 0 Å². The average Bonchev–Trinajstić information content (AvgIpc) is 2.47. The Labute approximate surface area is 133 Å². The van der Waals surface area contributed by atoms with Crippen LogP contribution in [0, 0.1) is 0 Å². The molecule has 2 N–H and O–H groups in total. The van der Waals surface area contributed by atoms with Crippen molar-refractivity contribution in [3.8, 4) is 0 Å². The fraction of sp³-hybridized carbons (Fsp3) is 1.00. The lowest BCUT2D eigenvalue weighted by Gasteiger charge is -2.13. The molecule has 0 aliphatic rings. The lowest BCUT2D eigenvalue weighted by atomic mass is 10.0. The predicted octanol–water partition coefficient (Wildman–Crippen LogP) is 5.60. The van der Waals surface area contributed by atoms with Crippen molar-refractivity contribution < 1.29 is 10.2 Å². The largest absolute Gasteiger partial charge is 0.393 e. The Kier molecular flexibility index (Phi) is 16.2. The van der Waals surface area contributed by atoms with Crippen LogP contribution in [-0.4, -0.2) is 22.4 Å². The molecule has 2 atom stereocenters. The van der Waals surface area contributed by atoms with Crippen LogP contribution < -0.4 is 0 Å². The number of hydrogen-bond donors (Lipinski definition) is 2. The van der Waals surface area contributed by atoms with Gasteiger partial charge in [-0.1, -0.05) is 78.1 Å². The van der Waals surface area contributed by atoms with Crippen molar-refractivity contribution in [2.45, 2.75) is 122 Å². The molecule has 0 aliphatic heterocycles. The Morgan fingerprint density at radius 3 is 1.19 bits per heavy atom. The molecule has 0 aromatic carbocycles. The molecule has 0 spiro atoms. The van der Waals surface area contributed by atoms with Gasteiger partial charge in [-0.15, -0.1) is 0 Å². The summed E-state index contributed by atoms with van der Waals surface area (Å²) >= 11 is 0. The Morgan fingerprint density at radius 1 is 0.476 bits per heavy atom. The molecule has 128 valence electrons. The van der Waals surface area contributed by atoms with Crippen molar-refractivity contribution in [2.24, 2.45) is 0 Å². The molecule has 0 heterocycles. The van der Waals surface area contributed by atoms with Crippen molar-refractivity contribution >= 4 is 0 Å². The summed E-state index contributed by atoms with van der Waals surface area (Å²) in [5.41, 5.74) is 0. The average molecular weight is 301 g/mol. The third kappa shape index (κ3) is 16.1. The van der Waals surface area contributed by atoms with Gasteiger partial charge in [0.2, 0.25) is 0 Å². The Balaban J connectivity index is 3.30. The van der Waals surface area contributed by atoms with Crippen molar-refractivity contribution in [1.29, 1.82) is 0 Å². The Morgan fingerprint density at radius 2 is 0.810 bits per heavy atom. The minimum Gasteiger partial charge on any atom is -0.393 e. The molecule has 0 amide bonds. The monoisotopic (exact) mass is 300 g/mol. The van der Waals surface area contributed by atoms with Gasteiger partial charge in [0, 0.05) is 0 Å². The molecule has 2 unspecified atom stereocenters. The van der Waals surface area contributed by atoms with Gasteiger partial charge < -0.3 is 10.2 Å².